The van der Waals surface area contributed by atoms with E-state index in [0.717, 1.165) is 31.4 Å². The number of hydrogen-bond donors (Lipinski definition) is 6. The molecule has 4 aliphatic heterocycles. The number of nitrogens with zero attached hydrogens (tertiary/aromatic N) is 2. The predicted molar refractivity (Wildman–Crippen MR) is 293 cm³/mol. The van der Waals surface area contributed by atoms with E-state index in [-0.39, 0.29) is 36.8 Å². The molecule has 412 valence electrons. The topological polar surface area (TPSA) is 209 Å². The van der Waals surface area contributed by atoms with Crippen LogP contribution in [0.2, 0.25) is 0 Å². The van der Waals surface area contributed by atoms with Crippen molar-refractivity contribution < 1.29 is 63.5 Å². The molecule has 5 heterocycles. The maximum Gasteiger partial charge on any atom is 0.312 e. The summed E-state index contributed by atoms with van der Waals surface area (Å²) in [5.41, 5.74) is -1.50. The number of cyclic esters (lactones) is 1. The van der Waals surface area contributed by atoms with E-state index < -0.39 is 94.0 Å². The molecule has 3 fully saturated rings. The molecule has 1 aromatic heterocycles. The highest BCUT2D eigenvalue weighted by molar-refractivity contribution is 14.1. The maximum atomic E-state index is 14.5. The number of ether oxygens (including phenoxy) is 6. The Balaban J connectivity index is 1.16. The van der Waals surface area contributed by atoms with E-state index in [9.17, 15) is 35.1 Å². The second kappa shape index (κ2) is 24.4. The summed E-state index contributed by atoms with van der Waals surface area (Å²) in [6.07, 6.45) is -7.66. The number of carbonyl (C=O) groups excluding carboxylic acids is 2. The zero-order valence-electron chi connectivity index (χ0n) is 44.9. The van der Waals surface area contributed by atoms with Crippen molar-refractivity contribution in [2.75, 3.05) is 40.8 Å². The van der Waals surface area contributed by atoms with Crippen LogP contribution in [-0.4, -0.2) is 176 Å². The number of likely N-dealkylation sites (N-methyl/N-ethyl adjacent to an activating group) is 1. The van der Waals surface area contributed by atoms with E-state index in [1.54, 1.807) is 46.4 Å². The van der Waals surface area contributed by atoms with Crippen molar-refractivity contribution in [1.82, 2.24) is 15.1 Å². The third-order valence-corrected chi connectivity index (χ3v) is 19.7. The van der Waals surface area contributed by atoms with Gasteiger partial charge in [0.25, 0.3) is 5.91 Å². The van der Waals surface area contributed by atoms with Gasteiger partial charge in [0.15, 0.2) is 16.7 Å². The van der Waals surface area contributed by atoms with Crippen LogP contribution >= 0.6 is 45.7 Å². The lowest BCUT2D eigenvalue weighted by Crippen LogP contribution is -2.60. The van der Waals surface area contributed by atoms with Gasteiger partial charge in [-0.2, -0.15) is 0 Å². The molecule has 0 unspecified atom stereocenters. The minimum absolute atomic E-state index is 0.0951. The fourth-order valence-corrected chi connectivity index (χ4v) is 14.3. The fraction of sp³-hybridized carbons (Fsp3) is 0.673. The van der Waals surface area contributed by atoms with Crippen LogP contribution in [-0.2, 0) is 33.2 Å². The largest absolute Gasteiger partial charge is 0.448 e. The summed E-state index contributed by atoms with van der Waals surface area (Å²) < 4.78 is 36.8. The molecule has 0 aliphatic carbocycles. The lowest BCUT2D eigenvalue weighted by atomic mass is 9.77. The number of methoxy groups -OCH3 is 1. The third kappa shape index (κ3) is 12.9. The number of carbonyl (C=O) groups is 2. The van der Waals surface area contributed by atoms with Crippen LogP contribution in [0, 0.1) is 17.8 Å². The van der Waals surface area contributed by atoms with E-state index >= 15 is 0 Å². The van der Waals surface area contributed by atoms with Crippen molar-refractivity contribution in [3.63, 3.8) is 0 Å². The van der Waals surface area contributed by atoms with Gasteiger partial charge in [-0.15, -0.1) is 11.3 Å². The highest BCUT2D eigenvalue weighted by Crippen LogP contribution is 2.51. The standard InChI is InChI=1S/C55H80IN3O13S2/c1-29-26-53(7,65)48(71-51-43(60)38(58(10)11)24-30(2)68-51)31(3)44(70-42-27-54(8,67-12)47(62)34(6)69-42)32(4)50(64)72-52(56)55(9,66)46(61)33(5)59(28-29)23-17-22-57-49(63)41-25-37-35-18-13-15-20-39(35)73-40-21-16-14-19-36(40)45(37)74-41/h13-16,18-21,25,29-34,38,42-44,46-48,51-52,60-62,65-66H,17,22-24,26-28H2,1-12H3,(H,57,63)/t29-,30-,31+,32-,33-,34+,38+,42+,43-,44+,46-,47+,48-,51+,52+,53-,54-,55+/m1/s1. The zero-order chi connectivity index (χ0) is 54.2. The number of nitrogens with one attached hydrogen (secondary N) is 1. The molecule has 0 saturated carbocycles. The summed E-state index contributed by atoms with van der Waals surface area (Å²) in [5.74, 6) is -3.13. The molecule has 3 aromatic rings. The van der Waals surface area contributed by atoms with Crippen molar-refractivity contribution in [3.05, 3.63) is 59.5 Å². The first-order valence-corrected chi connectivity index (χ1v) is 28.8. The summed E-state index contributed by atoms with van der Waals surface area (Å²) in [6.45, 7) is 16.8. The quantitative estimate of drug-likeness (QED) is 0.0389. The molecule has 0 radical (unpaired) electrons. The Hall–Kier alpha value is -2.32. The fourth-order valence-electron chi connectivity index (χ4n) is 11.4. The number of rotatable bonds is 11. The van der Waals surface area contributed by atoms with Crippen molar-refractivity contribution in [2.45, 2.75) is 186 Å². The van der Waals surface area contributed by atoms with E-state index in [0.29, 0.717) is 37.4 Å². The van der Waals surface area contributed by atoms with Gasteiger partial charge in [-0.25, -0.2) is 0 Å². The molecule has 0 bridgehead atoms. The predicted octanol–water partition coefficient (Wildman–Crippen LogP) is 6.93. The summed E-state index contributed by atoms with van der Waals surface area (Å²) >= 11 is 5.04. The van der Waals surface area contributed by atoms with Crippen LogP contribution in [0.3, 0.4) is 0 Å². The average molecular weight is 1180 g/mol. The van der Waals surface area contributed by atoms with Crippen LogP contribution in [0.5, 0.6) is 0 Å². The summed E-state index contributed by atoms with van der Waals surface area (Å²) in [4.78, 5) is 36.3. The molecule has 3 saturated heterocycles. The molecule has 0 spiro atoms. The number of thiophene rings is 1. The number of esters is 1. The molecule has 4 aliphatic rings. The van der Waals surface area contributed by atoms with Crippen LogP contribution < -0.4 is 5.32 Å². The first-order chi connectivity index (χ1) is 34.8. The van der Waals surface area contributed by atoms with Crippen molar-refractivity contribution in [2.24, 2.45) is 17.8 Å². The van der Waals surface area contributed by atoms with E-state index in [1.165, 1.54) is 25.4 Å². The zero-order valence-corrected chi connectivity index (χ0v) is 48.7. The average Bonchev–Trinajstić information content (AvgIpc) is 3.74. The van der Waals surface area contributed by atoms with Gasteiger partial charge < -0.3 is 64.2 Å². The number of benzene rings is 2. The van der Waals surface area contributed by atoms with Crippen LogP contribution in [0.1, 0.15) is 97.7 Å². The van der Waals surface area contributed by atoms with Crippen LogP contribution in [0.4, 0.5) is 0 Å². The van der Waals surface area contributed by atoms with Gasteiger partial charge in [-0.1, -0.05) is 62.0 Å². The number of hydrogen-bond acceptors (Lipinski definition) is 17. The highest BCUT2D eigenvalue weighted by Gasteiger charge is 2.53. The van der Waals surface area contributed by atoms with Gasteiger partial charge >= 0.3 is 5.97 Å². The SMILES string of the molecule is CO[C@]1(C)C[C@H](O[C@H]2[C@H](C)[C@@H](O[C@@H]3O[C@H](C)C[C@H](N(C)C)[C@H]3O)[C@](C)(O)C[C@@H](C)CN(CCCNC(=O)c3cc4c(s3)-c3ccccc3Sc3ccccc3-4)[C@H](C)[C@@H](O)[C@](C)(O)[C@@H](I)OC(=O)[C@@H]2C)O[C@@H](C)[C@@H]1O. The molecule has 18 atom stereocenters. The minimum atomic E-state index is -1.95. The molecule has 2 aromatic carbocycles. The second-order valence-corrected chi connectivity index (χ2v) is 25.5. The van der Waals surface area contributed by atoms with Gasteiger partial charge in [0, 0.05) is 77.0 Å². The number of alkyl halides is 1. The smallest absolute Gasteiger partial charge is 0.312 e. The Morgan fingerprint density at radius 3 is 2.22 bits per heavy atom. The summed E-state index contributed by atoms with van der Waals surface area (Å²) in [6, 6.07) is 17.4. The molecule has 7 rings (SSSR count). The van der Waals surface area contributed by atoms with Crippen molar-refractivity contribution in [3.8, 4) is 21.6 Å². The Morgan fingerprint density at radius 1 is 0.905 bits per heavy atom. The van der Waals surface area contributed by atoms with Gasteiger partial charge in [0.1, 0.15) is 23.9 Å². The van der Waals surface area contributed by atoms with Gasteiger partial charge in [0.2, 0.25) is 0 Å². The molecule has 74 heavy (non-hydrogen) atoms. The number of aliphatic hydroxyl groups excluding tert-OH is 3. The van der Waals surface area contributed by atoms with Crippen LogP contribution in [0.15, 0.2) is 64.4 Å². The molecule has 1 amide bonds. The maximum absolute atomic E-state index is 14.5. The summed E-state index contributed by atoms with van der Waals surface area (Å²) in [7, 11) is 5.26. The third-order valence-electron chi connectivity index (χ3n) is 15.8. The monoisotopic (exact) mass is 1180 g/mol. The highest BCUT2D eigenvalue weighted by atomic mass is 127. The van der Waals surface area contributed by atoms with E-state index in [4.69, 9.17) is 28.4 Å². The lowest BCUT2D eigenvalue weighted by Gasteiger charge is -2.48. The number of halogens is 1. The first kappa shape index (κ1) is 59.3. The van der Waals surface area contributed by atoms with E-state index in [2.05, 4.69) is 29.6 Å². The molecular formula is C55H80IN3O13S2. The molecule has 16 nitrogen and oxygen atoms in total. The Labute approximate surface area is 459 Å². The molecular weight excluding hydrogens is 1100 g/mol. The Morgan fingerprint density at radius 2 is 1.55 bits per heavy atom. The summed E-state index contributed by atoms with van der Waals surface area (Å²) in [5, 5.41) is 63.2. The van der Waals surface area contributed by atoms with Gasteiger partial charge in [-0.3, -0.25) is 14.5 Å². The van der Waals surface area contributed by atoms with Crippen molar-refractivity contribution in [1.29, 1.82) is 0 Å². The van der Waals surface area contributed by atoms with E-state index in [1.807, 2.05) is 97.6 Å². The second-order valence-electron chi connectivity index (χ2n) is 22.2. The first-order valence-electron chi connectivity index (χ1n) is 26.0. The molecule has 6 N–H and O–H groups in total. The minimum Gasteiger partial charge on any atom is -0.448 e. The number of fused-ring (bicyclic) bond motifs is 5. The number of aliphatic hydroxyl groups is 5. The number of amides is 1. The molecule has 19 heteroatoms. The van der Waals surface area contributed by atoms with Crippen molar-refractivity contribution >= 4 is 57.6 Å². The normalized spacial score (nSPS) is 38.6. The Bertz CT molecular complexity index is 2330. The Kier molecular flexibility index (Phi) is 19.5. The van der Waals surface area contributed by atoms with Crippen LogP contribution in [0.25, 0.3) is 21.6 Å². The van der Waals surface area contributed by atoms with Gasteiger partial charge in [0.05, 0.1) is 46.4 Å². The van der Waals surface area contributed by atoms with Gasteiger partial charge in [-0.05, 0) is 134 Å². The lowest BCUT2D eigenvalue weighted by molar-refractivity contribution is -0.317.